The Morgan fingerprint density at radius 3 is 2.89 bits per heavy atom. The van der Waals surface area contributed by atoms with E-state index in [0.717, 1.165) is 17.3 Å². The molecule has 0 atom stereocenters. The van der Waals surface area contributed by atoms with Crippen LogP contribution >= 0.6 is 11.8 Å². The lowest BCUT2D eigenvalue weighted by molar-refractivity contribution is -0.115. The first kappa shape index (κ1) is 12.7. The molecule has 1 saturated heterocycles. The lowest BCUT2D eigenvalue weighted by Gasteiger charge is -2.04. The van der Waals surface area contributed by atoms with Gasteiger partial charge in [0.25, 0.3) is 11.1 Å². The number of benzene rings is 1. The van der Waals surface area contributed by atoms with E-state index in [9.17, 15) is 9.59 Å². The molecule has 0 spiro atoms. The van der Waals surface area contributed by atoms with Crippen LogP contribution in [0.3, 0.4) is 0 Å². The maximum atomic E-state index is 11.4. The smallest absolute Gasteiger partial charge is 0.290 e. The summed E-state index contributed by atoms with van der Waals surface area (Å²) in [6, 6.07) is 7.07. The normalized spacial score (nSPS) is 17.1. The van der Waals surface area contributed by atoms with Crippen molar-refractivity contribution in [2.45, 2.75) is 0 Å². The van der Waals surface area contributed by atoms with Gasteiger partial charge < -0.3 is 9.84 Å². The van der Waals surface area contributed by atoms with Crippen molar-refractivity contribution in [1.82, 2.24) is 5.32 Å². The van der Waals surface area contributed by atoms with Gasteiger partial charge in [0.05, 0.1) is 11.5 Å². The van der Waals surface area contributed by atoms with Crippen LogP contribution < -0.4 is 10.1 Å². The van der Waals surface area contributed by atoms with Gasteiger partial charge in [-0.05, 0) is 35.5 Å². The average molecular weight is 265 g/mol. The van der Waals surface area contributed by atoms with E-state index >= 15 is 0 Å². The SMILES string of the molecule is O=C1NC(=O)C(=Cc2cccc(OCCO)c2)S1. The highest BCUT2D eigenvalue weighted by atomic mass is 32.2. The molecule has 0 saturated carbocycles. The number of carbonyl (C=O) groups is 2. The molecular weight excluding hydrogens is 254 g/mol. The molecule has 6 heteroatoms. The summed E-state index contributed by atoms with van der Waals surface area (Å²) in [5, 5.41) is 10.5. The molecule has 1 fully saturated rings. The third-order valence-electron chi connectivity index (χ3n) is 2.16. The molecular formula is C12H11NO4S. The van der Waals surface area contributed by atoms with Gasteiger partial charge in [-0.1, -0.05) is 12.1 Å². The predicted molar refractivity (Wildman–Crippen MR) is 68.1 cm³/mol. The molecule has 5 nitrogen and oxygen atoms in total. The van der Waals surface area contributed by atoms with Gasteiger partial charge in [-0.15, -0.1) is 0 Å². The van der Waals surface area contributed by atoms with Crippen LogP contribution in [0.5, 0.6) is 5.75 Å². The van der Waals surface area contributed by atoms with Crippen LogP contribution in [0.2, 0.25) is 0 Å². The quantitative estimate of drug-likeness (QED) is 0.804. The highest BCUT2D eigenvalue weighted by Gasteiger charge is 2.24. The second kappa shape index (κ2) is 5.70. The van der Waals surface area contributed by atoms with Crippen LogP contribution in [-0.4, -0.2) is 29.5 Å². The summed E-state index contributed by atoms with van der Waals surface area (Å²) in [6.45, 7) is 0.159. The van der Waals surface area contributed by atoms with Crippen molar-refractivity contribution in [2.75, 3.05) is 13.2 Å². The summed E-state index contributed by atoms with van der Waals surface area (Å²) in [5.41, 5.74) is 0.762. The fourth-order valence-corrected chi connectivity index (χ4v) is 2.11. The Labute approximate surface area is 108 Å². The van der Waals surface area contributed by atoms with Crippen LogP contribution in [-0.2, 0) is 4.79 Å². The minimum atomic E-state index is -0.383. The number of carbonyl (C=O) groups excluding carboxylic acids is 2. The van der Waals surface area contributed by atoms with E-state index in [-0.39, 0.29) is 24.4 Å². The van der Waals surface area contributed by atoms with Crippen LogP contribution in [0.15, 0.2) is 29.2 Å². The fourth-order valence-electron chi connectivity index (χ4n) is 1.43. The first-order valence-corrected chi connectivity index (χ1v) is 6.09. The van der Waals surface area contributed by atoms with Gasteiger partial charge >= 0.3 is 0 Å². The molecule has 2 amide bonds. The first-order chi connectivity index (χ1) is 8.69. The Kier molecular flexibility index (Phi) is 4.01. The van der Waals surface area contributed by atoms with Crippen molar-refractivity contribution in [1.29, 1.82) is 0 Å². The second-order valence-corrected chi connectivity index (χ2v) is 4.51. The Balaban J connectivity index is 2.16. The summed E-state index contributed by atoms with van der Waals surface area (Å²) in [5.74, 6) is 0.222. The molecule has 0 radical (unpaired) electrons. The number of aliphatic hydroxyl groups excluding tert-OH is 1. The van der Waals surface area contributed by atoms with Crippen LogP contribution in [0.4, 0.5) is 4.79 Å². The van der Waals surface area contributed by atoms with Crippen molar-refractivity contribution >= 4 is 29.0 Å². The van der Waals surface area contributed by atoms with E-state index in [1.165, 1.54) is 0 Å². The largest absolute Gasteiger partial charge is 0.491 e. The Bertz CT molecular complexity index is 513. The van der Waals surface area contributed by atoms with Gasteiger partial charge in [-0.2, -0.15) is 0 Å². The van der Waals surface area contributed by atoms with Gasteiger partial charge in [-0.3, -0.25) is 14.9 Å². The van der Waals surface area contributed by atoms with Gasteiger partial charge in [0.2, 0.25) is 0 Å². The third-order valence-corrected chi connectivity index (χ3v) is 2.97. The summed E-state index contributed by atoms with van der Waals surface area (Å²) < 4.78 is 5.25. The molecule has 2 rings (SSSR count). The first-order valence-electron chi connectivity index (χ1n) is 5.27. The molecule has 1 aromatic carbocycles. The summed E-state index contributed by atoms with van der Waals surface area (Å²) in [4.78, 5) is 22.7. The van der Waals surface area contributed by atoms with Crippen LogP contribution in [0, 0.1) is 0 Å². The molecule has 0 bridgehead atoms. The lowest BCUT2D eigenvalue weighted by atomic mass is 10.2. The van der Waals surface area contributed by atoms with Crippen molar-refractivity contribution in [3.63, 3.8) is 0 Å². The molecule has 0 aliphatic carbocycles. The molecule has 1 aromatic rings. The average Bonchev–Trinajstić information content (AvgIpc) is 2.66. The summed E-state index contributed by atoms with van der Waals surface area (Å²) in [6.07, 6.45) is 1.62. The molecule has 0 aromatic heterocycles. The maximum Gasteiger partial charge on any atom is 0.290 e. The summed E-state index contributed by atoms with van der Waals surface area (Å²) >= 11 is 0.873. The third kappa shape index (κ3) is 3.12. The molecule has 1 heterocycles. The fraction of sp³-hybridized carbons (Fsp3) is 0.167. The monoisotopic (exact) mass is 265 g/mol. The molecule has 2 N–H and O–H groups in total. The number of rotatable bonds is 4. The topological polar surface area (TPSA) is 75.6 Å². The van der Waals surface area contributed by atoms with Crippen molar-refractivity contribution in [3.05, 3.63) is 34.7 Å². The zero-order valence-electron chi connectivity index (χ0n) is 9.38. The van der Waals surface area contributed by atoms with Gasteiger partial charge in [0.1, 0.15) is 12.4 Å². The number of hydrogen-bond donors (Lipinski definition) is 2. The van der Waals surface area contributed by atoms with Gasteiger partial charge in [-0.25, -0.2) is 0 Å². The van der Waals surface area contributed by atoms with Gasteiger partial charge in [0.15, 0.2) is 0 Å². The van der Waals surface area contributed by atoms with Crippen molar-refractivity contribution in [3.8, 4) is 5.75 Å². The minimum absolute atomic E-state index is 0.0575. The lowest BCUT2D eigenvalue weighted by Crippen LogP contribution is -2.17. The number of amides is 2. The number of thioether (sulfide) groups is 1. The Morgan fingerprint density at radius 1 is 1.39 bits per heavy atom. The predicted octanol–water partition coefficient (Wildman–Crippen LogP) is 1.38. The van der Waals surface area contributed by atoms with Gasteiger partial charge in [0, 0.05) is 0 Å². The molecule has 18 heavy (non-hydrogen) atoms. The Morgan fingerprint density at radius 2 is 2.22 bits per heavy atom. The molecule has 94 valence electrons. The van der Waals surface area contributed by atoms with Crippen LogP contribution in [0.1, 0.15) is 5.56 Å². The van der Waals surface area contributed by atoms with E-state index in [4.69, 9.17) is 9.84 Å². The van der Waals surface area contributed by atoms with Crippen molar-refractivity contribution in [2.24, 2.45) is 0 Å². The zero-order chi connectivity index (χ0) is 13.0. The van der Waals surface area contributed by atoms with E-state index < -0.39 is 0 Å². The van der Waals surface area contributed by atoms with E-state index in [2.05, 4.69) is 5.32 Å². The maximum absolute atomic E-state index is 11.4. The Hall–Kier alpha value is -1.79. The summed E-state index contributed by atoms with van der Waals surface area (Å²) in [7, 11) is 0. The van der Waals surface area contributed by atoms with Crippen LogP contribution in [0.25, 0.3) is 6.08 Å². The highest BCUT2D eigenvalue weighted by Crippen LogP contribution is 2.26. The van der Waals surface area contributed by atoms with Crippen molar-refractivity contribution < 1.29 is 19.4 Å². The number of aliphatic hydroxyl groups is 1. The standard InChI is InChI=1S/C12H11NO4S/c14-4-5-17-9-3-1-2-8(6-9)7-10-11(15)13-12(16)18-10/h1-3,6-7,14H,4-5H2,(H,13,15,16). The molecule has 1 aliphatic rings. The number of ether oxygens (including phenoxy) is 1. The van der Waals surface area contributed by atoms with E-state index in [1.807, 2.05) is 0 Å². The number of hydrogen-bond acceptors (Lipinski definition) is 5. The second-order valence-electron chi connectivity index (χ2n) is 3.50. The molecule has 1 aliphatic heterocycles. The number of imide groups is 1. The van der Waals surface area contributed by atoms with E-state index in [1.54, 1.807) is 30.3 Å². The zero-order valence-corrected chi connectivity index (χ0v) is 10.2. The number of nitrogens with one attached hydrogen (secondary N) is 1. The minimum Gasteiger partial charge on any atom is -0.491 e. The molecule has 0 unspecified atom stereocenters. The highest BCUT2D eigenvalue weighted by molar-refractivity contribution is 8.18. The van der Waals surface area contributed by atoms with E-state index in [0.29, 0.717) is 10.7 Å².